The second-order valence-corrected chi connectivity index (χ2v) is 4.99. The smallest absolute Gasteiger partial charge is 0.314 e. The Labute approximate surface area is 130 Å². The predicted octanol–water partition coefficient (Wildman–Crippen LogP) is 2.50. The van der Waals surface area contributed by atoms with Crippen molar-refractivity contribution < 1.29 is 14.8 Å². The molecule has 1 heterocycles. The maximum atomic E-state index is 12.3. The summed E-state index contributed by atoms with van der Waals surface area (Å²) in [6, 6.07) is 2.25. The van der Waals surface area contributed by atoms with E-state index in [1.54, 1.807) is 7.05 Å². The Morgan fingerprint density at radius 3 is 2.82 bits per heavy atom. The van der Waals surface area contributed by atoms with Crippen LogP contribution in [0, 0.1) is 10.1 Å². The fraction of sp³-hybridized carbons (Fsp3) is 0.231. The number of anilines is 1. The van der Waals surface area contributed by atoms with Crippen LogP contribution in [-0.4, -0.2) is 25.7 Å². The number of aromatic hydroxyl groups is 1. The van der Waals surface area contributed by atoms with E-state index in [9.17, 15) is 20.0 Å². The van der Waals surface area contributed by atoms with Crippen LogP contribution < -0.4 is 5.32 Å². The van der Waals surface area contributed by atoms with Crippen molar-refractivity contribution in [1.29, 1.82) is 0 Å². The highest BCUT2D eigenvalue weighted by Crippen LogP contribution is 2.37. The molecular formula is C13H13ClN4O4. The van der Waals surface area contributed by atoms with Crippen molar-refractivity contribution in [2.24, 2.45) is 7.05 Å². The van der Waals surface area contributed by atoms with Crippen LogP contribution in [0.4, 0.5) is 11.4 Å². The lowest BCUT2D eigenvalue weighted by atomic mass is 10.2. The number of hydrogen-bond acceptors (Lipinski definition) is 5. The lowest BCUT2D eigenvalue weighted by molar-refractivity contribution is -0.385. The zero-order chi connectivity index (χ0) is 16.4. The number of nitrogens with one attached hydrogen (secondary N) is 1. The third kappa shape index (κ3) is 3.01. The Morgan fingerprint density at radius 1 is 1.55 bits per heavy atom. The van der Waals surface area contributed by atoms with Crippen LogP contribution in [0.3, 0.4) is 0 Å². The van der Waals surface area contributed by atoms with E-state index in [0.29, 0.717) is 17.7 Å². The van der Waals surface area contributed by atoms with Gasteiger partial charge in [-0.2, -0.15) is 5.10 Å². The molecule has 0 saturated heterocycles. The number of amides is 1. The number of nitro groups is 1. The molecule has 0 unspecified atom stereocenters. The number of nitro benzene ring substituents is 1. The summed E-state index contributed by atoms with van der Waals surface area (Å²) in [5.74, 6) is -1.18. The van der Waals surface area contributed by atoms with Crippen LogP contribution in [0.2, 0.25) is 5.02 Å². The van der Waals surface area contributed by atoms with Gasteiger partial charge in [0, 0.05) is 24.3 Å². The summed E-state index contributed by atoms with van der Waals surface area (Å²) in [4.78, 5) is 22.3. The molecule has 116 valence electrons. The van der Waals surface area contributed by atoms with Crippen LogP contribution in [0.25, 0.3) is 0 Å². The van der Waals surface area contributed by atoms with Crippen molar-refractivity contribution in [3.8, 4) is 5.75 Å². The maximum absolute atomic E-state index is 12.3. The molecule has 2 N–H and O–H groups in total. The van der Waals surface area contributed by atoms with Gasteiger partial charge in [0.1, 0.15) is 0 Å². The Bertz CT molecular complexity index is 757. The number of aryl methyl sites for hydroxylation is 2. The minimum Gasteiger partial charge on any atom is -0.501 e. The lowest BCUT2D eigenvalue weighted by Crippen LogP contribution is -2.13. The molecule has 0 atom stereocenters. The zero-order valence-corrected chi connectivity index (χ0v) is 12.6. The molecule has 0 aliphatic carbocycles. The van der Waals surface area contributed by atoms with E-state index in [0.717, 1.165) is 6.07 Å². The Kier molecular flexibility index (Phi) is 4.32. The molecule has 2 aromatic rings. The van der Waals surface area contributed by atoms with E-state index >= 15 is 0 Å². The van der Waals surface area contributed by atoms with E-state index in [4.69, 9.17) is 11.6 Å². The second-order valence-electron chi connectivity index (χ2n) is 4.55. The number of carbonyl (C=O) groups is 1. The standard InChI is InChI=1S/C13H13ClN4O4/c1-3-9-8(6-17(2)16-9)13(20)15-10-4-7(14)5-11(12(10)19)18(21)22/h4-6,19H,3H2,1-2H3,(H,15,20). The second kappa shape index (κ2) is 6.02. The SMILES string of the molecule is CCc1nn(C)cc1C(=O)Nc1cc(Cl)cc([N+](=O)[O-])c1O. The van der Waals surface area contributed by atoms with Gasteiger partial charge >= 0.3 is 5.69 Å². The topological polar surface area (TPSA) is 110 Å². The number of phenolic OH excluding ortho intramolecular Hbond substituents is 1. The van der Waals surface area contributed by atoms with Gasteiger partial charge in [-0.15, -0.1) is 0 Å². The molecule has 9 heteroatoms. The summed E-state index contributed by atoms with van der Waals surface area (Å²) in [5.41, 5.74) is 0.197. The number of aromatic nitrogens is 2. The fourth-order valence-electron chi connectivity index (χ4n) is 1.99. The van der Waals surface area contributed by atoms with Gasteiger partial charge in [0.2, 0.25) is 5.75 Å². The third-order valence-electron chi connectivity index (χ3n) is 2.98. The maximum Gasteiger partial charge on any atom is 0.314 e. The van der Waals surface area contributed by atoms with Crippen LogP contribution in [0.15, 0.2) is 18.3 Å². The van der Waals surface area contributed by atoms with E-state index in [2.05, 4.69) is 10.4 Å². The highest BCUT2D eigenvalue weighted by atomic mass is 35.5. The Hall–Kier alpha value is -2.61. The molecule has 0 fully saturated rings. The van der Waals surface area contributed by atoms with Crippen molar-refractivity contribution in [3.05, 3.63) is 44.7 Å². The van der Waals surface area contributed by atoms with Gasteiger partial charge in [-0.25, -0.2) is 0 Å². The Balaban J connectivity index is 2.38. The first-order valence-electron chi connectivity index (χ1n) is 6.34. The highest BCUT2D eigenvalue weighted by Gasteiger charge is 2.22. The summed E-state index contributed by atoms with van der Waals surface area (Å²) >= 11 is 5.77. The molecule has 0 bridgehead atoms. The van der Waals surface area contributed by atoms with Crippen molar-refractivity contribution in [3.63, 3.8) is 0 Å². The largest absolute Gasteiger partial charge is 0.501 e. The van der Waals surface area contributed by atoms with Gasteiger partial charge in [0.25, 0.3) is 5.91 Å². The zero-order valence-electron chi connectivity index (χ0n) is 11.8. The molecule has 0 radical (unpaired) electrons. The van der Waals surface area contributed by atoms with Crippen LogP contribution >= 0.6 is 11.6 Å². The first-order valence-corrected chi connectivity index (χ1v) is 6.72. The lowest BCUT2D eigenvalue weighted by Gasteiger charge is -2.08. The summed E-state index contributed by atoms with van der Waals surface area (Å²) in [6.45, 7) is 1.85. The summed E-state index contributed by atoms with van der Waals surface area (Å²) < 4.78 is 1.49. The van der Waals surface area contributed by atoms with Gasteiger partial charge < -0.3 is 10.4 Å². The fourth-order valence-corrected chi connectivity index (χ4v) is 2.21. The van der Waals surface area contributed by atoms with Gasteiger partial charge in [0.05, 0.1) is 21.9 Å². The monoisotopic (exact) mass is 324 g/mol. The van der Waals surface area contributed by atoms with Crippen molar-refractivity contribution in [1.82, 2.24) is 9.78 Å². The quantitative estimate of drug-likeness (QED) is 0.510. The predicted molar refractivity (Wildman–Crippen MR) is 80.3 cm³/mol. The Morgan fingerprint density at radius 2 is 2.23 bits per heavy atom. The van der Waals surface area contributed by atoms with Crippen molar-refractivity contribution in [2.75, 3.05) is 5.32 Å². The molecule has 1 aromatic carbocycles. The third-order valence-corrected chi connectivity index (χ3v) is 3.20. The minimum atomic E-state index is -0.779. The number of benzene rings is 1. The van der Waals surface area contributed by atoms with Crippen LogP contribution in [0.5, 0.6) is 5.75 Å². The summed E-state index contributed by atoms with van der Waals surface area (Å²) in [7, 11) is 1.68. The average molecular weight is 325 g/mol. The number of phenols is 1. The van der Waals surface area contributed by atoms with E-state index in [-0.39, 0.29) is 10.7 Å². The molecule has 1 amide bonds. The summed E-state index contributed by atoms with van der Waals surface area (Å²) in [6.07, 6.45) is 2.08. The van der Waals surface area contributed by atoms with Gasteiger partial charge in [0.15, 0.2) is 0 Å². The van der Waals surface area contributed by atoms with E-state index in [1.165, 1.54) is 16.9 Å². The van der Waals surface area contributed by atoms with Crippen LogP contribution in [0.1, 0.15) is 23.0 Å². The molecular weight excluding hydrogens is 312 g/mol. The molecule has 0 spiro atoms. The molecule has 0 aliphatic rings. The number of carbonyl (C=O) groups excluding carboxylic acids is 1. The van der Waals surface area contributed by atoms with Gasteiger partial charge in [-0.3, -0.25) is 19.6 Å². The average Bonchev–Trinajstić information content (AvgIpc) is 2.83. The molecule has 0 saturated carbocycles. The first kappa shape index (κ1) is 15.8. The van der Waals surface area contributed by atoms with E-state index in [1.807, 2.05) is 6.92 Å². The normalized spacial score (nSPS) is 10.5. The van der Waals surface area contributed by atoms with Gasteiger partial charge in [-0.1, -0.05) is 18.5 Å². The number of nitrogens with zero attached hydrogens (tertiary/aromatic N) is 3. The number of rotatable bonds is 4. The molecule has 0 aliphatic heterocycles. The first-order chi connectivity index (χ1) is 10.3. The summed E-state index contributed by atoms with van der Waals surface area (Å²) in [5, 5.41) is 27.3. The molecule has 2 rings (SSSR count). The molecule has 22 heavy (non-hydrogen) atoms. The minimum absolute atomic E-state index is 0.0294. The van der Waals surface area contributed by atoms with Crippen molar-refractivity contribution in [2.45, 2.75) is 13.3 Å². The van der Waals surface area contributed by atoms with Crippen molar-refractivity contribution >= 4 is 28.9 Å². The van der Waals surface area contributed by atoms with E-state index < -0.39 is 22.3 Å². The number of halogens is 1. The van der Waals surface area contributed by atoms with Crippen LogP contribution in [-0.2, 0) is 13.5 Å². The molecule has 8 nitrogen and oxygen atoms in total. The van der Waals surface area contributed by atoms with Gasteiger partial charge in [-0.05, 0) is 12.5 Å². The number of hydrogen-bond donors (Lipinski definition) is 2. The molecule has 1 aromatic heterocycles. The highest BCUT2D eigenvalue weighted by molar-refractivity contribution is 6.31.